The normalized spacial score (nSPS) is 10.3. The summed E-state index contributed by atoms with van der Waals surface area (Å²) in [4.78, 5) is 6.46. The van der Waals surface area contributed by atoms with Gasteiger partial charge >= 0.3 is 0 Å². The van der Waals surface area contributed by atoms with Crippen LogP contribution in [0.3, 0.4) is 0 Å². The number of aromatic nitrogens is 1. The lowest BCUT2D eigenvalue weighted by molar-refractivity contribution is 0.986. The minimum atomic E-state index is 0.375. The lowest BCUT2D eigenvalue weighted by atomic mass is 10.2. The van der Waals surface area contributed by atoms with Crippen LogP contribution in [0, 0.1) is 6.92 Å². The van der Waals surface area contributed by atoms with E-state index < -0.39 is 0 Å². The van der Waals surface area contributed by atoms with E-state index in [4.69, 9.17) is 11.5 Å². The highest BCUT2D eigenvalue weighted by Gasteiger charge is 2.11. The molecule has 0 fully saturated rings. The number of anilines is 4. The van der Waals surface area contributed by atoms with Crippen LogP contribution in [0.4, 0.5) is 23.0 Å². The molecule has 94 valence electrons. The van der Waals surface area contributed by atoms with Gasteiger partial charge in [0.15, 0.2) is 0 Å². The predicted molar refractivity (Wildman–Crippen MR) is 76.9 cm³/mol. The fourth-order valence-electron chi connectivity index (χ4n) is 1.95. The zero-order valence-corrected chi connectivity index (χ0v) is 10.7. The first-order valence-corrected chi connectivity index (χ1v) is 5.98. The lowest BCUT2D eigenvalue weighted by Crippen LogP contribution is -2.19. The maximum atomic E-state index is 5.77. The summed E-state index contributed by atoms with van der Waals surface area (Å²) < 4.78 is 0. The molecular formula is C14H18N4. The highest BCUT2D eigenvalue weighted by atomic mass is 15.2. The number of hydrogen-bond acceptors (Lipinski definition) is 4. The quantitative estimate of drug-likeness (QED) is 0.868. The molecule has 2 aromatic rings. The van der Waals surface area contributed by atoms with Crippen molar-refractivity contribution in [1.82, 2.24) is 4.98 Å². The number of hydrogen-bond donors (Lipinski definition) is 2. The van der Waals surface area contributed by atoms with Crippen molar-refractivity contribution in [1.29, 1.82) is 0 Å². The number of para-hydroxylation sites is 1. The number of nitrogens with zero attached hydrogens (tertiary/aromatic N) is 2. The first-order chi connectivity index (χ1) is 8.63. The zero-order chi connectivity index (χ0) is 13.1. The maximum Gasteiger partial charge on any atom is 0.149 e. The zero-order valence-electron chi connectivity index (χ0n) is 10.7. The number of nitrogens with two attached hydrogens (primary N) is 2. The van der Waals surface area contributed by atoms with Gasteiger partial charge in [0.25, 0.3) is 0 Å². The Bertz CT molecular complexity index is 551. The van der Waals surface area contributed by atoms with Crippen molar-refractivity contribution in [3.05, 3.63) is 42.0 Å². The Balaban J connectivity index is 2.45. The van der Waals surface area contributed by atoms with Crippen LogP contribution in [-0.2, 0) is 0 Å². The highest BCUT2D eigenvalue weighted by molar-refractivity contribution is 5.68. The molecule has 0 radical (unpaired) electrons. The van der Waals surface area contributed by atoms with Gasteiger partial charge in [-0.25, -0.2) is 4.98 Å². The van der Waals surface area contributed by atoms with Crippen molar-refractivity contribution in [2.45, 2.75) is 13.8 Å². The molecule has 0 spiro atoms. The fourth-order valence-corrected chi connectivity index (χ4v) is 1.95. The first kappa shape index (κ1) is 12.2. The van der Waals surface area contributed by atoms with E-state index in [9.17, 15) is 0 Å². The molecule has 0 unspecified atom stereocenters. The molecule has 4 N–H and O–H groups in total. The van der Waals surface area contributed by atoms with Crippen LogP contribution in [0.5, 0.6) is 0 Å². The third-order valence-corrected chi connectivity index (χ3v) is 2.94. The molecule has 0 saturated carbocycles. The SMILES string of the molecule is CCN(c1ccc(N)c(N)n1)c1ccccc1C. The molecule has 1 aromatic heterocycles. The second-order valence-corrected chi connectivity index (χ2v) is 4.17. The van der Waals surface area contributed by atoms with Gasteiger partial charge in [-0.1, -0.05) is 18.2 Å². The number of rotatable bonds is 3. The summed E-state index contributed by atoms with van der Waals surface area (Å²) in [6.07, 6.45) is 0. The Morgan fingerprint density at radius 3 is 2.44 bits per heavy atom. The van der Waals surface area contributed by atoms with Crippen molar-refractivity contribution < 1.29 is 0 Å². The summed E-state index contributed by atoms with van der Waals surface area (Å²) in [7, 11) is 0. The summed E-state index contributed by atoms with van der Waals surface area (Å²) in [5, 5.41) is 0. The molecule has 0 aliphatic heterocycles. The van der Waals surface area contributed by atoms with Crippen molar-refractivity contribution >= 4 is 23.0 Å². The van der Waals surface area contributed by atoms with Crippen LogP contribution in [-0.4, -0.2) is 11.5 Å². The molecule has 4 nitrogen and oxygen atoms in total. The van der Waals surface area contributed by atoms with E-state index in [1.807, 2.05) is 18.2 Å². The Morgan fingerprint density at radius 1 is 1.11 bits per heavy atom. The van der Waals surface area contributed by atoms with E-state index in [-0.39, 0.29) is 0 Å². The third kappa shape index (κ3) is 2.22. The first-order valence-electron chi connectivity index (χ1n) is 5.98. The Hall–Kier alpha value is -2.23. The smallest absolute Gasteiger partial charge is 0.149 e. The molecular weight excluding hydrogens is 224 g/mol. The third-order valence-electron chi connectivity index (χ3n) is 2.94. The Kier molecular flexibility index (Phi) is 3.37. The molecule has 2 rings (SSSR count). The minimum Gasteiger partial charge on any atom is -0.396 e. The summed E-state index contributed by atoms with van der Waals surface area (Å²) in [5.74, 6) is 1.19. The Labute approximate surface area is 107 Å². The molecule has 4 heteroatoms. The van der Waals surface area contributed by atoms with Gasteiger partial charge in [0.1, 0.15) is 11.6 Å². The lowest BCUT2D eigenvalue weighted by Gasteiger charge is -2.24. The van der Waals surface area contributed by atoms with Crippen molar-refractivity contribution in [3.63, 3.8) is 0 Å². The van der Waals surface area contributed by atoms with E-state index in [0.29, 0.717) is 11.5 Å². The molecule has 0 saturated heterocycles. The van der Waals surface area contributed by atoms with Gasteiger partial charge in [0.2, 0.25) is 0 Å². The second-order valence-electron chi connectivity index (χ2n) is 4.17. The molecule has 0 aliphatic carbocycles. The van der Waals surface area contributed by atoms with Crippen LogP contribution in [0.15, 0.2) is 36.4 Å². The highest BCUT2D eigenvalue weighted by Crippen LogP contribution is 2.28. The van der Waals surface area contributed by atoms with Crippen LogP contribution >= 0.6 is 0 Å². The van der Waals surface area contributed by atoms with Crippen molar-refractivity contribution in [2.24, 2.45) is 0 Å². The van der Waals surface area contributed by atoms with E-state index in [0.717, 1.165) is 18.1 Å². The predicted octanol–water partition coefficient (Wildman–Crippen LogP) is 2.71. The minimum absolute atomic E-state index is 0.375. The van der Waals surface area contributed by atoms with Gasteiger partial charge in [-0.2, -0.15) is 0 Å². The second kappa shape index (κ2) is 4.96. The molecule has 18 heavy (non-hydrogen) atoms. The number of aryl methyl sites for hydroxylation is 1. The molecule has 0 bridgehead atoms. The van der Waals surface area contributed by atoms with E-state index in [1.54, 1.807) is 6.07 Å². The van der Waals surface area contributed by atoms with Gasteiger partial charge in [0, 0.05) is 12.2 Å². The largest absolute Gasteiger partial charge is 0.396 e. The van der Waals surface area contributed by atoms with Crippen LogP contribution in [0.2, 0.25) is 0 Å². The van der Waals surface area contributed by atoms with E-state index >= 15 is 0 Å². The van der Waals surface area contributed by atoms with E-state index in [1.165, 1.54) is 5.56 Å². The van der Waals surface area contributed by atoms with Gasteiger partial charge in [-0.05, 0) is 37.6 Å². The van der Waals surface area contributed by atoms with E-state index in [2.05, 4.69) is 35.9 Å². The average Bonchev–Trinajstić information content (AvgIpc) is 2.37. The topological polar surface area (TPSA) is 68.2 Å². The molecule has 0 atom stereocenters. The van der Waals surface area contributed by atoms with Crippen LogP contribution < -0.4 is 16.4 Å². The summed E-state index contributed by atoms with van der Waals surface area (Å²) >= 11 is 0. The van der Waals surface area contributed by atoms with Gasteiger partial charge in [-0.15, -0.1) is 0 Å². The van der Waals surface area contributed by atoms with Gasteiger partial charge < -0.3 is 16.4 Å². The summed E-state index contributed by atoms with van der Waals surface area (Å²) in [6, 6.07) is 11.9. The summed E-state index contributed by atoms with van der Waals surface area (Å²) in [6.45, 7) is 4.99. The van der Waals surface area contributed by atoms with Crippen molar-refractivity contribution in [3.8, 4) is 0 Å². The molecule has 1 aromatic carbocycles. The maximum absolute atomic E-state index is 5.77. The fraction of sp³-hybridized carbons (Fsp3) is 0.214. The van der Waals surface area contributed by atoms with Gasteiger partial charge in [-0.3, -0.25) is 0 Å². The summed E-state index contributed by atoms with van der Waals surface area (Å²) in [5.41, 5.74) is 14.3. The van der Waals surface area contributed by atoms with Crippen LogP contribution in [0.1, 0.15) is 12.5 Å². The van der Waals surface area contributed by atoms with Gasteiger partial charge in [0.05, 0.1) is 5.69 Å². The van der Waals surface area contributed by atoms with Crippen LogP contribution in [0.25, 0.3) is 0 Å². The molecule has 0 aliphatic rings. The average molecular weight is 242 g/mol. The standard InChI is InChI=1S/C14H18N4/c1-3-18(12-7-5-4-6-10(12)2)13-9-8-11(15)14(16)17-13/h4-9H,3,15H2,1-2H3,(H2,16,17). The number of benzene rings is 1. The molecule has 0 amide bonds. The number of pyridine rings is 1. The monoisotopic (exact) mass is 242 g/mol. The van der Waals surface area contributed by atoms with Crippen molar-refractivity contribution in [2.75, 3.05) is 22.9 Å². The number of nitrogen functional groups attached to an aromatic ring is 2. The Morgan fingerprint density at radius 2 is 1.83 bits per heavy atom. The molecule has 1 heterocycles.